The quantitative estimate of drug-likeness (QED) is 0.0534. The molecule has 1 amide bonds. The third-order valence-corrected chi connectivity index (χ3v) is 17.9. The molecule has 4 bridgehead atoms. The zero-order valence-electron chi connectivity index (χ0n) is 52.5. The van der Waals surface area contributed by atoms with Crippen LogP contribution in [-0.4, -0.2) is 37.7 Å². The Morgan fingerprint density at radius 3 is 1.90 bits per heavy atom. The molecule has 0 atom stereocenters. The highest BCUT2D eigenvalue weighted by atomic mass is 35.5. The van der Waals surface area contributed by atoms with Crippen LogP contribution in [0.4, 0.5) is 44.6 Å². The standard InChI is InChI=1S/C21H25NO2.C19H18ClFN2S.C17H21ClN2S.C17H16N4/c1-6-24-15(2)16-9-13-19(14-10-16)22-20(23)17-7-11-18(12-8-17)21(3,4)5;1-4-23-18(14-5-7-15(21)8-6-14)11-24-19(23)22-17-10-12(2)16(20)9-13(17)3;18-14-2-1-3-15(7-14)19-16(21)20-17-8-11-4-12(9-17)6-13(5-11)10-17;1-13-12-16(19-14-8-4-2-5-9-14)21-17(18-13)20-15-10-6-3-7-11-15/h7-14H,2,6H2,1,3-5H3,(H,22,23);5-11H,4H2,1-3H3;1-3,7,11-13H,4-6,8-10H2,(H2,19,20,21);2-12H,1H3,(H2,18,19,20,21). The number of hydrogen-bond acceptors (Lipinski definition) is 9. The van der Waals surface area contributed by atoms with Gasteiger partial charge in [-0.15, -0.1) is 11.3 Å². The van der Waals surface area contributed by atoms with Crippen LogP contribution in [0.15, 0.2) is 193 Å². The normalized spacial score (nSPS) is 17.0. The Hall–Kier alpha value is -8.14. The van der Waals surface area contributed by atoms with Crippen LogP contribution in [0, 0.1) is 44.3 Å². The second-order valence-corrected chi connectivity index (χ2v) is 26.4. The van der Waals surface area contributed by atoms with E-state index in [1.54, 1.807) is 23.5 Å². The molecule has 0 aliphatic heterocycles. The number of aryl methyl sites for hydroxylation is 3. The minimum Gasteiger partial charge on any atom is -0.494 e. The summed E-state index contributed by atoms with van der Waals surface area (Å²) in [5, 5.41) is 20.7. The van der Waals surface area contributed by atoms with Crippen molar-refractivity contribution in [3.05, 3.63) is 242 Å². The lowest BCUT2D eigenvalue weighted by molar-refractivity contribution is -0.00972. The minimum absolute atomic E-state index is 0.0772. The second kappa shape index (κ2) is 30.6. The van der Waals surface area contributed by atoms with Crippen molar-refractivity contribution >= 4 is 104 Å². The van der Waals surface area contributed by atoms with Crippen LogP contribution in [-0.2, 0) is 16.7 Å². The van der Waals surface area contributed by atoms with Crippen LogP contribution >= 0.6 is 46.8 Å². The first kappa shape index (κ1) is 66.3. The summed E-state index contributed by atoms with van der Waals surface area (Å²) in [4.78, 5) is 27.0. The molecule has 0 unspecified atom stereocenters. The number of aromatic nitrogens is 3. The maximum absolute atomic E-state index is 13.2. The van der Waals surface area contributed by atoms with E-state index in [1.807, 2.05) is 179 Å². The lowest BCUT2D eigenvalue weighted by Gasteiger charge is -2.57. The van der Waals surface area contributed by atoms with E-state index in [0.29, 0.717) is 23.9 Å². The first-order valence-electron chi connectivity index (χ1n) is 30.6. The van der Waals surface area contributed by atoms with Crippen LogP contribution in [0.1, 0.15) is 111 Å². The van der Waals surface area contributed by atoms with Crippen molar-refractivity contribution in [1.29, 1.82) is 0 Å². The first-order valence-corrected chi connectivity index (χ1v) is 32.7. The van der Waals surface area contributed by atoms with Gasteiger partial charge >= 0.3 is 0 Å². The van der Waals surface area contributed by atoms with Gasteiger partial charge in [0.05, 0.1) is 18.0 Å². The van der Waals surface area contributed by atoms with Crippen molar-refractivity contribution in [2.45, 2.75) is 111 Å². The molecule has 4 fully saturated rings. The van der Waals surface area contributed by atoms with Crippen LogP contribution < -0.4 is 31.4 Å². The Labute approximate surface area is 549 Å². The van der Waals surface area contributed by atoms with Gasteiger partial charge in [0.1, 0.15) is 17.4 Å². The topological polar surface area (TPSA) is 130 Å². The van der Waals surface area contributed by atoms with Gasteiger partial charge in [-0.1, -0.05) is 105 Å². The van der Waals surface area contributed by atoms with E-state index in [1.165, 1.54) is 56.2 Å². The number of carbonyl (C=O) groups is 1. The summed E-state index contributed by atoms with van der Waals surface area (Å²) in [5.41, 5.74) is 12.7. The van der Waals surface area contributed by atoms with Gasteiger partial charge in [-0.3, -0.25) is 4.79 Å². The number of ether oxygens (including phenoxy) is 1. The number of carbonyl (C=O) groups excluding carboxylic acids is 1. The van der Waals surface area contributed by atoms with Crippen LogP contribution in [0.2, 0.25) is 10.0 Å². The highest BCUT2D eigenvalue weighted by molar-refractivity contribution is 7.80. The summed E-state index contributed by atoms with van der Waals surface area (Å²) in [5.74, 6) is 4.43. The number of halogens is 3. The largest absolute Gasteiger partial charge is 0.494 e. The van der Waals surface area contributed by atoms with E-state index in [9.17, 15) is 9.18 Å². The Kier molecular flexibility index (Phi) is 22.5. The molecule has 13 rings (SSSR count). The van der Waals surface area contributed by atoms with Crippen molar-refractivity contribution in [3.63, 3.8) is 0 Å². The highest BCUT2D eigenvalue weighted by Crippen LogP contribution is 2.55. The summed E-state index contributed by atoms with van der Waals surface area (Å²) >= 11 is 19.3. The SMILES string of the molecule is C=C(OCC)c1ccc(NC(=O)c2ccc(C(C)(C)C)cc2)cc1.CCn1c(-c2ccc(F)cc2)csc1=Nc1cc(C)c(Cl)cc1C.Cc1cc(Nc2ccccc2)nc(Nc2ccccc2)n1.S=C(Nc1cccc(Cl)c1)NC12CC3CC(CC(C3)C1)C2. The molecule has 4 aliphatic carbocycles. The molecule has 9 aromatic rings. The molecular weight excluding hydrogens is 1200 g/mol. The van der Waals surface area contributed by atoms with E-state index in [-0.39, 0.29) is 22.7 Å². The van der Waals surface area contributed by atoms with Gasteiger partial charge in [-0.2, -0.15) is 4.98 Å². The number of amides is 1. The highest BCUT2D eigenvalue weighted by Gasteiger charge is 2.51. The Morgan fingerprint density at radius 2 is 1.31 bits per heavy atom. The predicted octanol–water partition coefficient (Wildman–Crippen LogP) is 20.0. The Bertz CT molecular complexity index is 3870. The maximum Gasteiger partial charge on any atom is 0.255 e. The van der Waals surface area contributed by atoms with Gasteiger partial charge in [0.15, 0.2) is 9.91 Å². The summed E-state index contributed by atoms with van der Waals surface area (Å²) in [6, 6.07) is 55.2. The first-order chi connectivity index (χ1) is 43.2. The average Bonchev–Trinajstić information content (AvgIpc) is 0.884. The zero-order valence-corrected chi connectivity index (χ0v) is 55.6. The van der Waals surface area contributed by atoms with Crippen LogP contribution in [0.25, 0.3) is 17.0 Å². The van der Waals surface area contributed by atoms with Crippen LogP contribution in [0.5, 0.6) is 0 Å². The molecule has 2 heterocycles. The molecule has 466 valence electrons. The van der Waals surface area contributed by atoms with E-state index in [2.05, 4.69) is 80.8 Å². The summed E-state index contributed by atoms with van der Waals surface area (Å²) in [6.45, 7) is 21.7. The molecule has 0 radical (unpaired) electrons. The number of nitrogens with one attached hydrogen (secondary N) is 5. The summed E-state index contributed by atoms with van der Waals surface area (Å²) in [6.07, 6.45) is 8.27. The molecule has 0 saturated heterocycles. The monoisotopic (exact) mass is 1280 g/mol. The average molecular weight is 1280 g/mol. The Morgan fingerprint density at radius 1 is 0.711 bits per heavy atom. The van der Waals surface area contributed by atoms with Crippen molar-refractivity contribution in [3.8, 4) is 11.3 Å². The molecule has 11 nitrogen and oxygen atoms in total. The third-order valence-electron chi connectivity index (χ3n) is 16.2. The van der Waals surface area contributed by atoms with Gasteiger partial charge in [-0.25, -0.2) is 14.4 Å². The molecule has 2 aromatic heterocycles. The predicted molar refractivity (Wildman–Crippen MR) is 378 cm³/mol. The number of rotatable bonds is 14. The fourth-order valence-corrected chi connectivity index (χ4v) is 13.9. The maximum atomic E-state index is 13.2. The van der Waals surface area contributed by atoms with Gasteiger partial charge < -0.3 is 35.9 Å². The number of nitrogens with zero attached hydrogens (tertiary/aromatic N) is 4. The van der Waals surface area contributed by atoms with Gasteiger partial charge in [0.25, 0.3) is 5.91 Å². The smallest absolute Gasteiger partial charge is 0.255 e. The van der Waals surface area contributed by atoms with Gasteiger partial charge in [0.2, 0.25) is 5.95 Å². The molecule has 4 saturated carbocycles. The van der Waals surface area contributed by atoms with Gasteiger partial charge in [0, 0.05) is 73.1 Å². The van der Waals surface area contributed by atoms with E-state index >= 15 is 0 Å². The fourth-order valence-electron chi connectivity index (χ4n) is 12.1. The molecule has 0 spiro atoms. The molecule has 90 heavy (non-hydrogen) atoms. The van der Waals surface area contributed by atoms with Crippen molar-refractivity contribution < 1.29 is 13.9 Å². The summed E-state index contributed by atoms with van der Waals surface area (Å²) < 4.78 is 20.7. The number of thiocarbonyl (C=S) groups is 1. The molecular formula is C74H80Cl2FN9O2S2. The van der Waals surface area contributed by atoms with Crippen molar-refractivity contribution in [2.75, 3.05) is 27.9 Å². The van der Waals surface area contributed by atoms with E-state index in [0.717, 1.165) is 112 Å². The number of anilines is 6. The molecule has 16 heteroatoms. The molecule has 4 aliphatic rings. The lowest BCUT2D eigenvalue weighted by atomic mass is 9.53. The number of hydrogen-bond donors (Lipinski definition) is 5. The van der Waals surface area contributed by atoms with Crippen molar-refractivity contribution in [1.82, 2.24) is 19.9 Å². The second-order valence-electron chi connectivity index (χ2n) is 24.4. The van der Waals surface area contributed by atoms with Gasteiger partial charge in [-0.05, 0) is 246 Å². The van der Waals surface area contributed by atoms with E-state index in [4.69, 9.17) is 45.1 Å². The Balaban J connectivity index is 0.000000142. The zero-order chi connectivity index (χ0) is 64.0. The minimum atomic E-state index is -0.228. The van der Waals surface area contributed by atoms with Crippen LogP contribution in [0.3, 0.4) is 0 Å². The molecule has 5 N–H and O–H groups in total. The summed E-state index contributed by atoms with van der Waals surface area (Å²) in [7, 11) is 0. The molecule has 7 aromatic carbocycles. The number of para-hydroxylation sites is 2. The lowest BCUT2D eigenvalue weighted by Crippen LogP contribution is -2.60. The number of benzene rings is 7. The van der Waals surface area contributed by atoms with E-state index < -0.39 is 0 Å². The fraction of sp³-hybridized carbons (Fsp3) is 0.284. The van der Waals surface area contributed by atoms with Crippen molar-refractivity contribution in [2.24, 2.45) is 22.7 Å². The third kappa shape index (κ3) is 18.5. The number of thiazole rings is 1.